The first-order valence-electron chi connectivity index (χ1n) is 13.0. The normalized spacial score (nSPS) is 10.6. The summed E-state index contributed by atoms with van der Waals surface area (Å²) < 4.78 is 19.2. The minimum atomic E-state index is -0.305. The fourth-order valence-electron chi connectivity index (χ4n) is 4.59. The van der Waals surface area contributed by atoms with Crippen LogP contribution in [-0.2, 0) is 26.5 Å². The van der Waals surface area contributed by atoms with E-state index in [0.717, 1.165) is 39.7 Å². The Hall–Kier alpha value is -4.44. The number of hydrogen-bond acceptors (Lipinski definition) is 3. The van der Waals surface area contributed by atoms with Gasteiger partial charge in [0.05, 0.1) is 5.58 Å². The fraction of sp³-hybridized carbons (Fsp3) is 0.0556. The largest absolute Gasteiger partial charge is 0.500 e. The maximum absolute atomic E-state index is 13.5. The van der Waals surface area contributed by atoms with Crippen LogP contribution in [0.5, 0.6) is 0 Å². The second-order valence-corrected chi connectivity index (χ2v) is 9.58. The molecule has 0 unspecified atom stereocenters. The number of pyridine rings is 2. The van der Waals surface area contributed by atoms with Gasteiger partial charge < -0.3 is 14.4 Å². The van der Waals surface area contributed by atoms with Crippen LogP contribution in [0.4, 0.5) is 4.39 Å². The summed E-state index contributed by atoms with van der Waals surface area (Å²) >= 11 is 0. The van der Waals surface area contributed by atoms with Crippen molar-refractivity contribution >= 4 is 21.9 Å². The van der Waals surface area contributed by atoms with Crippen molar-refractivity contribution in [2.24, 2.45) is 0 Å². The zero-order chi connectivity index (χ0) is 27.3. The SMILES string of the molecule is Cc1ccc(-c2[c-]cccc2)nc1.Fc1ccc2c(c1)oc1c[c-]c(-c3cc(Cc4ccccc4)ccn3)cc12.[Ir]. The number of nitrogens with zero attached hydrogens (tertiary/aromatic N) is 2. The Morgan fingerprint density at radius 1 is 0.707 bits per heavy atom. The van der Waals surface area contributed by atoms with Gasteiger partial charge in [-0.15, -0.1) is 59.7 Å². The van der Waals surface area contributed by atoms with Crippen molar-refractivity contribution in [3.63, 3.8) is 0 Å². The average Bonchev–Trinajstić information content (AvgIpc) is 3.36. The summed E-state index contributed by atoms with van der Waals surface area (Å²) in [4.78, 5) is 8.83. The molecule has 0 N–H and O–H groups in total. The third-order valence-electron chi connectivity index (χ3n) is 6.61. The van der Waals surface area contributed by atoms with Crippen molar-refractivity contribution in [3.05, 3.63) is 156 Å². The molecule has 7 rings (SSSR count). The molecule has 0 atom stereocenters. The van der Waals surface area contributed by atoms with E-state index in [0.29, 0.717) is 11.2 Å². The summed E-state index contributed by atoms with van der Waals surface area (Å²) in [5.41, 5.74) is 8.65. The first kappa shape index (κ1) is 28.1. The number of hydrogen-bond donors (Lipinski definition) is 0. The number of rotatable bonds is 4. The van der Waals surface area contributed by atoms with Gasteiger partial charge in [-0.25, -0.2) is 4.39 Å². The Bertz CT molecular complexity index is 1890. The van der Waals surface area contributed by atoms with Crippen LogP contribution in [-0.4, -0.2) is 9.97 Å². The van der Waals surface area contributed by atoms with Crippen LogP contribution < -0.4 is 0 Å². The summed E-state index contributed by atoms with van der Waals surface area (Å²) in [6.07, 6.45) is 4.55. The Morgan fingerprint density at radius 2 is 1.56 bits per heavy atom. The molecule has 5 heteroatoms. The third-order valence-corrected chi connectivity index (χ3v) is 6.61. The van der Waals surface area contributed by atoms with Crippen molar-refractivity contribution in [3.8, 4) is 22.5 Å². The van der Waals surface area contributed by atoms with Gasteiger partial charge in [-0.05, 0) is 59.6 Å². The van der Waals surface area contributed by atoms with E-state index in [2.05, 4.69) is 46.4 Å². The Balaban J connectivity index is 0.000000204. The van der Waals surface area contributed by atoms with Gasteiger partial charge >= 0.3 is 0 Å². The van der Waals surface area contributed by atoms with Crippen LogP contribution in [0.3, 0.4) is 0 Å². The smallest absolute Gasteiger partial charge is 0.126 e. The Kier molecular flexibility index (Phi) is 8.79. The minimum Gasteiger partial charge on any atom is -0.500 e. The molecule has 3 aromatic heterocycles. The quantitative estimate of drug-likeness (QED) is 0.171. The van der Waals surface area contributed by atoms with Crippen LogP contribution in [0, 0.1) is 24.9 Å². The maximum Gasteiger partial charge on any atom is 0.126 e. The Labute approximate surface area is 252 Å². The van der Waals surface area contributed by atoms with Crippen molar-refractivity contribution in [2.75, 3.05) is 0 Å². The molecule has 0 saturated heterocycles. The molecule has 7 aromatic rings. The van der Waals surface area contributed by atoms with Crippen LogP contribution in [0.15, 0.2) is 126 Å². The standard InChI is InChI=1S/C24H15FNO.C12H10N.Ir/c25-19-7-8-20-21-14-18(6-9-23(21)27-24(20)15-19)22-13-17(10-11-26-22)12-16-4-2-1-3-5-16;1-10-7-8-12(13-9-10)11-5-3-2-4-6-11;/h1-5,7-11,13-15H,12H2;2-5,7-9H,1H3;/q2*-1;. The number of furan rings is 1. The van der Waals surface area contributed by atoms with Crippen LogP contribution >= 0.6 is 0 Å². The topological polar surface area (TPSA) is 38.9 Å². The summed E-state index contributed by atoms with van der Waals surface area (Å²) in [6, 6.07) is 41.2. The van der Waals surface area contributed by atoms with Gasteiger partial charge in [-0.1, -0.05) is 53.9 Å². The summed E-state index contributed by atoms with van der Waals surface area (Å²) in [6.45, 7) is 2.03. The summed E-state index contributed by atoms with van der Waals surface area (Å²) in [7, 11) is 0. The second-order valence-electron chi connectivity index (χ2n) is 9.58. The number of aromatic nitrogens is 2. The fourth-order valence-corrected chi connectivity index (χ4v) is 4.59. The van der Waals surface area contributed by atoms with Gasteiger partial charge in [0.1, 0.15) is 11.4 Å². The zero-order valence-corrected chi connectivity index (χ0v) is 24.7. The maximum atomic E-state index is 13.5. The molecule has 0 amide bonds. The van der Waals surface area contributed by atoms with Crippen molar-refractivity contribution in [1.29, 1.82) is 0 Å². The molecule has 0 fully saturated rings. The molecule has 0 bridgehead atoms. The monoisotopic (exact) mass is 713 g/mol. The predicted octanol–water partition coefficient (Wildman–Crippen LogP) is 9.03. The van der Waals surface area contributed by atoms with E-state index in [4.69, 9.17) is 4.42 Å². The van der Waals surface area contributed by atoms with E-state index in [-0.39, 0.29) is 25.9 Å². The van der Waals surface area contributed by atoms with E-state index >= 15 is 0 Å². The second kappa shape index (κ2) is 12.8. The van der Waals surface area contributed by atoms with Crippen LogP contribution in [0.1, 0.15) is 16.7 Å². The van der Waals surface area contributed by atoms with Gasteiger partial charge in [0, 0.05) is 44.0 Å². The predicted molar refractivity (Wildman–Crippen MR) is 158 cm³/mol. The average molecular weight is 713 g/mol. The van der Waals surface area contributed by atoms with Crippen molar-refractivity contribution in [1.82, 2.24) is 9.97 Å². The van der Waals surface area contributed by atoms with E-state index in [1.807, 2.05) is 80.0 Å². The van der Waals surface area contributed by atoms with Gasteiger partial charge in [-0.3, -0.25) is 0 Å². The first-order chi connectivity index (χ1) is 19.6. The number of halogens is 1. The van der Waals surface area contributed by atoms with Gasteiger partial charge in [0.25, 0.3) is 0 Å². The number of aryl methyl sites for hydroxylation is 1. The number of benzene rings is 4. The molecular formula is C36H25FIrN2O-2. The van der Waals surface area contributed by atoms with E-state index in [9.17, 15) is 4.39 Å². The van der Waals surface area contributed by atoms with Crippen LogP contribution in [0.25, 0.3) is 44.5 Å². The molecule has 0 saturated carbocycles. The summed E-state index contributed by atoms with van der Waals surface area (Å²) in [5, 5.41) is 1.83. The molecular weight excluding hydrogens is 688 g/mol. The molecule has 0 aliphatic rings. The molecule has 3 heterocycles. The van der Waals surface area contributed by atoms with Gasteiger partial charge in [0.2, 0.25) is 0 Å². The molecule has 4 aromatic carbocycles. The molecule has 0 aliphatic carbocycles. The molecule has 0 aliphatic heterocycles. The molecule has 1 radical (unpaired) electrons. The van der Waals surface area contributed by atoms with Crippen LogP contribution in [0.2, 0.25) is 0 Å². The Morgan fingerprint density at radius 3 is 2.34 bits per heavy atom. The first-order valence-corrected chi connectivity index (χ1v) is 13.0. The van der Waals surface area contributed by atoms with E-state index < -0.39 is 0 Å². The zero-order valence-electron chi connectivity index (χ0n) is 22.3. The summed E-state index contributed by atoms with van der Waals surface area (Å²) in [5.74, 6) is -0.305. The minimum absolute atomic E-state index is 0. The van der Waals surface area contributed by atoms with E-state index in [1.165, 1.54) is 28.8 Å². The molecule has 0 spiro atoms. The molecule has 41 heavy (non-hydrogen) atoms. The van der Waals surface area contributed by atoms with Gasteiger partial charge in [-0.2, -0.15) is 0 Å². The molecule has 203 valence electrons. The molecule has 3 nitrogen and oxygen atoms in total. The van der Waals surface area contributed by atoms with Crippen molar-refractivity contribution in [2.45, 2.75) is 13.3 Å². The van der Waals surface area contributed by atoms with Crippen molar-refractivity contribution < 1.29 is 28.9 Å². The number of fused-ring (bicyclic) bond motifs is 3. The van der Waals surface area contributed by atoms with E-state index in [1.54, 1.807) is 12.1 Å². The third kappa shape index (κ3) is 6.66. The van der Waals surface area contributed by atoms with Gasteiger partial charge in [0.15, 0.2) is 0 Å².